The smallest absolute Gasteiger partial charge is 0.227 e. The summed E-state index contributed by atoms with van der Waals surface area (Å²) < 4.78 is 13.7. The Morgan fingerprint density at radius 2 is 1.75 bits per heavy atom. The number of para-hydroxylation sites is 1. The molecule has 2 rings (SSSR count). The topological polar surface area (TPSA) is 41.1 Å². The first-order chi connectivity index (χ1) is 11.6. The minimum absolute atomic E-state index is 0.0321. The van der Waals surface area contributed by atoms with Crippen LogP contribution in [-0.2, 0) is 17.8 Å². The maximum atomic E-state index is 13.7. The third kappa shape index (κ3) is 5.17. The highest BCUT2D eigenvalue weighted by Gasteiger charge is 2.15. The third-order valence-corrected chi connectivity index (χ3v) is 4.09. The number of halogens is 1. The van der Waals surface area contributed by atoms with Gasteiger partial charge in [-0.2, -0.15) is 0 Å². The van der Waals surface area contributed by atoms with Crippen LogP contribution < -0.4 is 10.6 Å². The average Bonchev–Trinajstić information content (AvgIpc) is 2.60. The molecule has 1 atom stereocenters. The molecule has 1 unspecified atom stereocenters. The van der Waals surface area contributed by atoms with E-state index in [-0.39, 0.29) is 17.6 Å². The second-order valence-electron chi connectivity index (χ2n) is 5.96. The van der Waals surface area contributed by atoms with E-state index in [2.05, 4.69) is 10.6 Å². The number of amides is 1. The Morgan fingerprint density at radius 1 is 1.08 bits per heavy atom. The van der Waals surface area contributed by atoms with Crippen LogP contribution in [0.3, 0.4) is 0 Å². The van der Waals surface area contributed by atoms with Crippen molar-refractivity contribution in [1.29, 1.82) is 0 Å². The number of rotatable bonds is 8. The Bertz CT molecular complexity index is 672. The summed E-state index contributed by atoms with van der Waals surface area (Å²) in [6, 6.07) is 14.5. The predicted molar refractivity (Wildman–Crippen MR) is 96.3 cm³/mol. The van der Waals surface area contributed by atoms with Crippen LogP contribution in [0.2, 0.25) is 0 Å². The molecular weight excluding hydrogens is 303 g/mol. The van der Waals surface area contributed by atoms with Gasteiger partial charge in [0.15, 0.2) is 0 Å². The molecule has 0 aromatic heterocycles. The zero-order chi connectivity index (χ0) is 17.4. The maximum Gasteiger partial charge on any atom is 0.227 e. The SMILES string of the molecule is CCNCc1ccccc1NC(=O)C(C)CCc1ccccc1F. The molecular formula is C20H25FN2O. The van der Waals surface area contributed by atoms with Crippen LogP contribution in [0.15, 0.2) is 48.5 Å². The van der Waals surface area contributed by atoms with Crippen molar-refractivity contribution in [3.63, 3.8) is 0 Å². The van der Waals surface area contributed by atoms with Gasteiger partial charge >= 0.3 is 0 Å². The van der Waals surface area contributed by atoms with E-state index in [1.54, 1.807) is 12.1 Å². The first kappa shape index (κ1) is 18.1. The van der Waals surface area contributed by atoms with Crippen LogP contribution in [0.1, 0.15) is 31.4 Å². The van der Waals surface area contributed by atoms with Gasteiger partial charge in [0.1, 0.15) is 5.82 Å². The Morgan fingerprint density at radius 3 is 2.46 bits per heavy atom. The van der Waals surface area contributed by atoms with Gasteiger partial charge in [-0.15, -0.1) is 0 Å². The molecule has 4 heteroatoms. The monoisotopic (exact) mass is 328 g/mol. The van der Waals surface area contributed by atoms with Crippen molar-refractivity contribution >= 4 is 11.6 Å². The van der Waals surface area contributed by atoms with E-state index in [9.17, 15) is 9.18 Å². The lowest BCUT2D eigenvalue weighted by Gasteiger charge is -2.15. The Labute approximate surface area is 143 Å². The molecule has 0 spiro atoms. The zero-order valence-electron chi connectivity index (χ0n) is 14.3. The quantitative estimate of drug-likeness (QED) is 0.764. The van der Waals surface area contributed by atoms with Crippen LogP contribution in [-0.4, -0.2) is 12.5 Å². The third-order valence-electron chi connectivity index (χ3n) is 4.09. The van der Waals surface area contributed by atoms with Gasteiger partial charge in [-0.1, -0.05) is 50.2 Å². The van der Waals surface area contributed by atoms with Crippen molar-refractivity contribution in [2.75, 3.05) is 11.9 Å². The van der Waals surface area contributed by atoms with Gasteiger partial charge in [-0.25, -0.2) is 4.39 Å². The van der Waals surface area contributed by atoms with Crippen molar-refractivity contribution in [1.82, 2.24) is 5.32 Å². The highest BCUT2D eigenvalue weighted by molar-refractivity contribution is 5.93. The molecule has 0 radical (unpaired) electrons. The van der Waals surface area contributed by atoms with Crippen molar-refractivity contribution in [3.8, 4) is 0 Å². The normalized spacial score (nSPS) is 12.0. The van der Waals surface area contributed by atoms with Crippen LogP contribution >= 0.6 is 0 Å². The first-order valence-electron chi connectivity index (χ1n) is 8.44. The molecule has 0 saturated carbocycles. The van der Waals surface area contributed by atoms with E-state index in [1.165, 1.54) is 6.07 Å². The van der Waals surface area contributed by atoms with Crippen LogP contribution in [0.25, 0.3) is 0 Å². The largest absolute Gasteiger partial charge is 0.326 e. The van der Waals surface area contributed by atoms with E-state index >= 15 is 0 Å². The van der Waals surface area contributed by atoms with Crippen LogP contribution in [0.5, 0.6) is 0 Å². The molecule has 0 aliphatic carbocycles. The standard InChI is InChI=1S/C20H25FN2O/c1-3-22-14-17-9-5-7-11-19(17)23-20(24)15(2)12-13-16-8-4-6-10-18(16)21/h4-11,15,22H,3,12-14H2,1-2H3,(H,23,24). The van der Waals surface area contributed by atoms with E-state index < -0.39 is 0 Å². The van der Waals surface area contributed by atoms with Crippen LogP contribution in [0, 0.1) is 11.7 Å². The molecule has 0 aliphatic heterocycles. The summed E-state index contributed by atoms with van der Waals surface area (Å²) in [6.45, 7) is 5.52. The minimum Gasteiger partial charge on any atom is -0.326 e. The molecule has 2 aromatic carbocycles. The summed E-state index contributed by atoms with van der Waals surface area (Å²) in [5, 5.41) is 6.26. The summed E-state index contributed by atoms with van der Waals surface area (Å²) in [6.07, 6.45) is 1.17. The molecule has 2 aromatic rings. The van der Waals surface area contributed by atoms with Gasteiger partial charge in [0.05, 0.1) is 0 Å². The summed E-state index contributed by atoms with van der Waals surface area (Å²) in [5.41, 5.74) is 2.56. The molecule has 0 heterocycles. The molecule has 0 aliphatic rings. The van der Waals surface area contributed by atoms with Gasteiger partial charge in [-0.3, -0.25) is 4.79 Å². The van der Waals surface area contributed by atoms with E-state index in [1.807, 2.05) is 44.2 Å². The van der Waals surface area contributed by atoms with Gasteiger partial charge in [0.25, 0.3) is 0 Å². The van der Waals surface area contributed by atoms with Gasteiger partial charge in [0.2, 0.25) is 5.91 Å². The number of nitrogens with one attached hydrogen (secondary N) is 2. The number of anilines is 1. The second-order valence-corrected chi connectivity index (χ2v) is 5.96. The number of carbonyl (C=O) groups is 1. The Kier molecular flexibility index (Phi) is 6.94. The number of hydrogen-bond acceptors (Lipinski definition) is 2. The summed E-state index contributed by atoms with van der Waals surface area (Å²) in [4.78, 5) is 12.4. The highest BCUT2D eigenvalue weighted by atomic mass is 19.1. The number of benzene rings is 2. The molecule has 0 bridgehead atoms. The number of carbonyl (C=O) groups excluding carboxylic acids is 1. The summed E-state index contributed by atoms with van der Waals surface area (Å²) >= 11 is 0. The lowest BCUT2D eigenvalue weighted by atomic mass is 9.99. The molecule has 128 valence electrons. The lowest BCUT2D eigenvalue weighted by molar-refractivity contribution is -0.119. The lowest BCUT2D eigenvalue weighted by Crippen LogP contribution is -2.22. The Hall–Kier alpha value is -2.20. The van der Waals surface area contributed by atoms with Crippen molar-refractivity contribution in [3.05, 3.63) is 65.5 Å². The van der Waals surface area contributed by atoms with Crippen LogP contribution in [0.4, 0.5) is 10.1 Å². The summed E-state index contributed by atoms with van der Waals surface area (Å²) in [7, 11) is 0. The summed E-state index contributed by atoms with van der Waals surface area (Å²) in [5.74, 6) is -0.423. The van der Waals surface area contributed by atoms with E-state index in [0.717, 1.165) is 24.3 Å². The van der Waals surface area contributed by atoms with Crippen molar-refractivity contribution in [2.24, 2.45) is 5.92 Å². The molecule has 0 saturated heterocycles. The van der Waals surface area contributed by atoms with E-state index in [0.29, 0.717) is 18.4 Å². The molecule has 1 amide bonds. The minimum atomic E-state index is -0.207. The molecule has 3 nitrogen and oxygen atoms in total. The zero-order valence-corrected chi connectivity index (χ0v) is 14.3. The predicted octanol–water partition coefficient (Wildman–Crippen LogP) is 4.14. The fourth-order valence-electron chi connectivity index (χ4n) is 2.52. The van der Waals surface area contributed by atoms with Crippen molar-refractivity contribution < 1.29 is 9.18 Å². The first-order valence-corrected chi connectivity index (χ1v) is 8.44. The average molecular weight is 328 g/mol. The molecule has 24 heavy (non-hydrogen) atoms. The second kappa shape index (κ2) is 9.18. The molecule has 0 fully saturated rings. The fraction of sp³-hybridized carbons (Fsp3) is 0.350. The highest BCUT2D eigenvalue weighted by Crippen LogP contribution is 2.18. The fourth-order valence-corrected chi connectivity index (χ4v) is 2.52. The van der Waals surface area contributed by atoms with Crippen molar-refractivity contribution in [2.45, 2.75) is 33.2 Å². The number of hydrogen-bond donors (Lipinski definition) is 2. The molecule has 2 N–H and O–H groups in total. The van der Waals surface area contributed by atoms with E-state index in [4.69, 9.17) is 0 Å². The van der Waals surface area contributed by atoms with Gasteiger partial charge < -0.3 is 10.6 Å². The van der Waals surface area contributed by atoms with Gasteiger partial charge in [-0.05, 0) is 42.6 Å². The maximum absolute atomic E-state index is 13.7. The van der Waals surface area contributed by atoms with Gasteiger partial charge in [0, 0.05) is 18.2 Å². The Balaban J connectivity index is 1.93. The number of aryl methyl sites for hydroxylation is 1.